The highest BCUT2D eigenvalue weighted by atomic mass is 35.5. The number of aromatic nitrogens is 2. The highest BCUT2D eigenvalue weighted by Crippen LogP contribution is 2.16. The number of nitrogens with one attached hydrogen (secondary N) is 1. The van der Waals surface area contributed by atoms with Crippen LogP contribution >= 0.6 is 11.6 Å². The van der Waals surface area contributed by atoms with Crippen LogP contribution in [0.3, 0.4) is 0 Å². The van der Waals surface area contributed by atoms with Crippen molar-refractivity contribution in [3.63, 3.8) is 0 Å². The highest BCUT2D eigenvalue weighted by Gasteiger charge is 2.20. The van der Waals surface area contributed by atoms with Gasteiger partial charge in [-0.2, -0.15) is 5.10 Å². The van der Waals surface area contributed by atoms with Crippen LogP contribution in [0.2, 0.25) is 5.02 Å². The number of halogens is 1. The largest absolute Gasteiger partial charge is 0.349 e. The van der Waals surface area contributed by atoms with E-state index < -0.39 is 0 Å². The van der Waals surface area contributed by atoms with Crippen molar-refractivity contribution in [3.05, 3.63) is 58.9 Å². The summed E-state index contributed by atoms with van der Waals surface area (Å²) in [5.41, 5.74) is 2.17. The Morgan fingerprint density at radius 2 is 2.20 bits per heavy atom. The molecule has 0 bridgehead atoms. The van der Waals surface area contributed by atoms with Crippen molar-refractivity contribution in [2.24, 2.45) is 7.05 Å². The van der Waals surface area contributed by atoms with E-state index in [1.54, 1.807) is 23.0 Å². The third-order valence-electron chi connectivity index (χ3n) is 4.32. The summed E-state index contributed by atoms with van der Waals surface area (Å²) in [6, 6.07) is 8.14. The summed E-state index contributed by atoms with van der Waals surface area (Å²) >= 11 is 5.94. The fourth-order valence-electron chi connectivity index (χ4n) is 3.11. The first kappa shape index (κ1) is 17.7. The number of hydrogen-bond donors (Lipinski definition) is 1. The first-order chi connectivity index (χ1) is 12.1. The predicted octanol–water partition coefficient (Wildman–Crippen LogP) is 2.87. The van der Waals surface area contributed by atoms with Gasteiger partial charge in [-0.05, 0) is 43.2 Å². The van der Waals surface area contributed by atoms with Gasteiger partial charge in [-0.1, -0.05) is 23.7 Å². The molecule has 6 heteroatoms. The SMILES string of the molecule is Cn1cc(/C=C/C(=O)N[C@H]2CCCN(Cc3ccc(Cl)cc3)C2)cn1. The fourth-order valence-corrected chi connectivity index (χ4v) is 3.24. The van der Waals surface area contributed by atoms with E-state index in [2.05, 4.69) is 27.4 Å². The van der Waals surface area contributed by atoms with Crippen molar-refractivity contribution in [2.45, 2.75) is 25.4 Å². The Morgan fingerprint density at radius 1 is 1.40 bits per heavy atom. The number of piperidine rings is 1. The Hall–Kier alpha value is -2.11. The molecule has 1 aromatic carbocycles. The van der Waals surface area contributed by atoms with Gasteiger partial charge in [-0.15, -0.1) is 0 Å². The van der Waals surface area contributed by atoms with E-state index in [0.29, 0.717) is 0 Å². The maximum Gasteiger partial charge on any atom is 0.244 e. The van der Waals surface area contributed by atoms with Gasteiger partial charge in [-0.3, -0.25) is 14.4 Å². The van der Waals surface area contributed by atoms with Gasteiger partial charge in [0.05, 0.1) is 6.20 Å². The fraction of sp³-hybridized carbons (Fsp3) is 0.368. The molecule has 0 saturated carbocycles. The summed E-state index contributed by atoms with van der Waals surface area (Å²) < 4.78 is 1.72. The van der Waals surface area contributed by atoms with Crippen LogP contribution in [0, 0.1) is 0 Å². The molecule has 0 aliphatic carbocycles. The second kappa shape index (κ2) is 8.32. The average molecular weight is 359 g/mol. The second-order valence-electron chi connectivity index (χ2n) is 6.49. The number of hydrogen-bond acceptors (Lipinski definition) is 3. The number of benzene rings is 1. The second-order valence-corrected chi connectivity index (χ2v) is 6.93. The predicted molar refractivity (Wildman–Crippen MR) is 100 cm³/mol. The molecule has 1 N–H and O–H groups in total. The van der Waals surface area contributed by atoms with Crippen LogP contribution in [0.25, 0.3) is 6.08 Å². The van der Waals surface area contributed by atoms with E-state index in [0.717, 1.165) is 43.1 Å². The number of carbonyl (C=O) groups excluding carboxylic acids is 1. The lowest BCUT2D eigenvalue weighted by Crippen LogP contribution is -2.46. The topological polar surface area (TPSA) is 50.2 Å². The van der Waals surface area contributed by atoms with Gasteiger partial charge < -0.3 is 5.32 Å². The lowest BCUT2D eigenvalue weighted by molar-refractivity contribution is -0.117. The molecule has 1 amide bonds. The molecule has 1 saturated heterocycles. The van der Waals surface area contributed by atoms with Crippen LogP contribution in [-0.4, -0.2) is 39.7 Å². The van der Waals surface area contributed by atoms with E-state index in [4.69, 9.17) is 11.6 Å². The summed E-state index contributed by atoms with van der Waals surface area (Å²) in [5.74, 6) is -0.0535. The van der Waals surface area contributed by atoms with Crippen LogP contribution in [0.1, 0.15) is 24.0 Å². The number of amides is 1. The van der Waals surface area contributed by atoms with Gasteiger partial charge in [-0.25, -0.2) is 0 Å². The van der Waals surface area contributed by atoms with Crippen molar-refractivity contribution in [1.29, 1.82) is 0 Å². The van der Waals surface area contributed by atoms with Gasteiger partial charge in [0.15, 0.2) is 0 Å². The molecule has 1 fully saturated rings. The van der Waals surface area contributed by atoms with Gasteiger partial charge in [0.1, 0.15) is 0 Å². The summed E-state index contributed by atoms with van der Waals surface area (Å²) in [4.78, 5) is 14.5. The normalized spacial score (nSPS) is 18.6. The maximum absolute atomic E-state index is 12.1. The Bertz CT molecular complexity index is 738. The Kier molecular flexibility index (Phi) is 5.89. The lowest BCUT2D eigenvalue weighted by atomic mass is 10.0. The molecule has 132 valence electrons. The Labute approximate surface area is 153 Å². The van der Waals surface area contributed by atoms with Crippen LogP contribution in [0.15, 0.2) is 42.7 Å². The third kappa shape index (κ3) is 5.44. The van der Waals surface area contributed by atoms with Crippen molar-refractivity contribution in [3.8, 4) is 0 Å². The van der Waals surface area contributed by atoms with Gasteiger partial charge in [0, 0.05) is 49.0 Å². The lowest BCUT2D eigenvalue weighted by Gasteiger charge is -2.33. The standard InChI is InChI=1S/C19H23ClN4O/c1-23-12-16(11-21-23)6-9-19(25)22-18-3-2-10-24(14-18)13-15-4-7-17(20)8-5-15/h4-9,11-12,18H,2-3,10,13-14H2,1H3,(H,22,25)/b9-6+/t18-/m0/s1. The first-order valence-corrected chi connectivity index (χ1v) is 8.90. The zero-order valence-corrected chi connectivity index (χ0v) is 15.1. The summed E-state index contributed by atoms with van der Waals surface area (Å²) in [5, 5.41) is 7.95. The molecular weight excluding hydrogens is 336 g/mol. The summed E-state index contributed by atoms with van der Waals surface area (Å²) in [6.45, 7) is 2.81. The minimum absolute atomic E-state index is 0.0535. The van der Waals surface area contributed by atoms with Crippen molar-refractivity contribution in [2.75, 3.05) is 13.1 Å². The number of likely N-dealkylation sites (tertiary alicyclic amines) is 1. The average Bonchev–Trinajstić information content (AvgIpc) is 3.01. The molecule has 5 nitrogen and oxygen atoms in total. The Balaban J connectivity index is 1.50. The van der Waals surface area contributed by atoms with E-state index in [1.165, 1.54) is 5.56 Å². The first-order valence-electron chi connectivity index (χ1n) is 8.52. The number of carbonyl (C=O) groups is 1. The zero-order valence-electron chi connectivity index (χ0n) is 14.4. The van der Waals surface area contributed by atoms with E-state index in [1.807, 2.05) is 25.4 Å². The molecule has 3 rings (SSSR count). The third-order valence-corrected chi connectivity index (χ3v) is 4.58. The number of nitrogens with zero attached hydrogens (tertiary/aromatic N) is 3. The van der Waals surface area contributed by atoms with Gasteiger partial charge in [0.25, 0.3) is 0 Å². The molecule has 1 atom stereocenters. The van der Waals surface area contributed by atoms with Crippen molar-refractivity contribution >= 4 is 23.6 Å². The van der Waals surface area contributed by atoms with Crippen molar-refractivity contribution < 1.29 is 4.79 Å². The van der Waals surface area contributed by atoms with E-state index in [-0.39, 0.29) is 11.9 Å². The molecule has 0 unspecified atom stereocenters. The van der Waals surface area contributed by atoms with E-state index in [9.17, 15) is 4.79 Å². The molecule has 2 heterocycles. The quantitative estimate of drug-likeness (QED) is 0.836. The van der Waals surface area contributed by atoms with Gasteiger partial charge in [0.2, 0.25) is 5.91 Å². The Morgan fingerprint density at radius 3 is 2.92 bits per heavy atom. The van der Waals surface area contributed by atoms with Crippen LogP contribution in [0.5, 0.6) is 0 Å². The van der Waals surface area contributed by atoms with E-state index >= 15 is 0 Å². The molecule has 0 spiro atoms. The summed E-state index contributed by atoms with van der Waals surface area (Å²) in [7, 11) is 1.86. The molecule has 1 aliphatic rings. The summed E-state index contributed by atoms with van der Waals surface area (Å²) in [6.07, 6.45) is 9.08. The highest BCUT2D eigenvalue weighted by molar-refractivity contribution is 6.30. The maximum atomic E-state index is 12.1. The smallest absolute Gasteiger partial charge is 0.244 e. The molecule has 0 radical (unpaired) electrons. The molecule has 1 aliphatic heterocycles. The minimum Gasteiger partial charge on any atom is -0.349 e. The molecule has 1 aromatic heterocycles. The van der Waals surface area contributed by atoms with Crippen molar-refractivity contribution in [1.82, 2.24) is 20.0 Å². The molecule has 25 heavy (non-hydrogen) atoms. The number of aryl methyl sites for hydroxylation is 1. The number of rotatable bonds is 5. The molecule has 2 aromatic rings. The van der Waals surface area contributed by atoms with Crippen LogP contribution < -0.4 is 5.32 Å². The van der Waals surface area contributed by atoms with Crippen LogP contribution in [0.4, 0.5) is 0 Å². The van der Waals surface area contributed by atoms with Gasteiger partial charge >= 0.3 is 0 Å². The minimum atomic E-state index is -0.0535. The monoisotopic (exact) mass is 358 g/mol. The zero-order chi connectivity index (χ0) is 17.6. The van der Waals surface area contributed by atoms with Crippen LogP contribution in [-0.2, 0) is 18.4 Å². The molecular formula is C19H23ClN4O.